The first-order valence-corrected chi connectivity index (χ1v) is 4.86. The van der Waals surface area contributed by atoms with E-state index in [0.29, 0.717) is 4.90 Å². The maximum atomic E-state index is 12.1. The zero-order chi connectivity index (χ0) is 14.4. The van der Waals surface area contributed by atoms with Crippen molar-refractivity contribution in [2.45, 2.75) is 12.4 Å². The van der Waals surface area contributed by atoms with Gasteiger partial charge in [-0.1, -0.05) is 0 Å². The number of nitrogens with two attached hydrogens (primary N) is 1. The number of halogens is 6. The van der Waals surface area contributed by atoms with E-state index in [-0.39, 0.29) is 13.1 Å². The van der Waals surface area contributed by atoms with E-state index in [1.165, 1.54) is 5.32 Å². The van der Waals surface area contributed by atoms with Gasteiger partial charge in [-0.25, -0.2) is 0 Å². The van der Waals surface area contributed by atoms with Gasteiger partial charge in [-0.2, -0.15) is 26.3 Å². The normalized spacial score (nSPS) is 12.9. The highest BCUT2D eigenvalue weighted by Crippen LogP contribution is 2.16. The number of nitrogens with zero attached hydrogens (tertiary/aromatic N) is 1. The van der Waals surface area contributed by atoms with Crippen molar-refractivity contribution < 1.29 is 31.1 Å². The second-order valence-corrected chi connectivity index (χ2v) is 3.51. The molecule has 0 saturated carbocycles. The topological polar surface area (TPSA) is 58.4 Å². The lowest BCUT2D eigenvalue weighted by Gasteiger charge is -2.22. The minimum atomic E-state index is -4.60. The smallest absolute Gasteiger partial charge is 0.346 e. The van der Waals surface area contributed by atoms with Crippen molar-refractivity contribution in [2.24, 2.45) is 5.73 Å². The van der Waals surface area contributed by atoms with E-state index in [9.17, 15) is 31.1 Å². The van der Waals surface area contributed by atoms with Crippen LogP contribution in [0.4, 0.5) is 26.3 Å². The van der Waals surface area contributed by atoms with Crippen molar-refractivity contribution in [1.82, 2.24) is 10.2 Å². The van der Waals surface area contributed by atoms with Gasteiger partial charge in [-0.15, -0.1) is 0 Å². The number of amides is 1. The van der Waals surface area contributed by atoms with Gasteiger partial charge in [-0.3, -0.25) is 9.69 Å². The third kappa shape index (κ3) is 10.1. The SMILES string of the molecule is NCCN(CC(=O)NCC(F)(F)F)CC(F)(F)F. The van der Waals surface area contributed by atoms with Crippen LogP contribution < -0.4 is 11.1 Å². The number of alkyl halides is 6. The van der Waals surface area contributed by atoms with Crippen molar-refractivity contribution in [2.75, 3.05) is 32.7 Å². The minimum Gasteiger partial charge on any atom is -0.346 e. The van der Waals surface area contributed by atoms with E-state index < -0.39 is 37.9 Å². The molecule has 4 nitrogen and oxygen atoms in total. The van der Waals surface area contributed by atoms with Gasteiger partial charge >= 0.3 is 12.4 Å². The second-order valence-electron chi connectivity index (χ2n) is 3.51. The molecule has 1 amide bonds. The van der Waals surface area contributed by atoms with Crippen molar-refractivity contribution in [3.05, 3.63) is 0 Å². The fourth-order valence-electron chi connectivity index (χ4n) is 1.11. The Hall–Kier alpha value is -1.03. The molecular weight excluding hydrogens is 268 g/mol. The number of rotatable bonds is 6. The third-order valence-corrected chi connectivity index (χ3v) is 1.70. The van der Waals surface area contributed by atoms with Gasteiger partial charge in [0.1, 0.15) is 6.54 Å². The molecule has 0 aliphatic carbocycles. The molecule has 0 heterocycles. The molecule has 0 bridgehead atoms. The number of hydrogen-bond donors (Lipinski definition) is 2. The summed E-state index contributed by atoms with van der Waals surface area (Å²) in [5, 5.41) is 1.48. The monoisotopic (exact) mass is 281 g/mol. The molecule has 0 radical (unpaired) electrons. The number of carbonyl (C=O) groups is 1. The molecule has 0 fully saturated rings. The Bertz CT molecular complexity index is 265. The molecule has 0 atom stereocenters. The van der Waals surface area contributed by atoms with Crippen LogP contribution >= 0.6 is 0 Å². The number of carbonyl (C=O) groups excluding carboxylic acids is 1. The summed E-state index contributed by atoms with van der Waals surface area (Å²) in [5.74, 6) is -1.13. The summed E-state index contributed by atoms with van der Waals surface area (Å²) in [6.45, 7) is -4.13. The summed E-state index contributed by atoms with van der Waals surface area (Å²) < 4.78 is 71.4. The Morgan fingerprint density at radius 2 is 1.67 bits per heavy atom. The summed E-state index contributed by atoms with van der Waals surface area (Å²) in [6, 6.07) is 0. The Kier molecular flexibility index (Phi) is 6.39. The van der Waals surface area contributed by atoms with Gasteiger partial charge in [-0.05, 0) is 0 Å². The van der Waals surface area contributed by atoms with Gasteiger partial charge in [0, 0.05) is 13.1 Å². The first-order chi connectivity index (χ1) is 8.03. The summed E-state index contributed by atoms with van der Waals surface area (Å²) in [4.78, 5) is 11.6. The molecule has 0 aromatic heterocycles. The molecule has 3 N–H and O–H groups in total. The maximum absolute atomic E-state index is 12.1. The molecule has 10 heteroatoms. The van der Waals surface area contributed by atoms with Gasteiger partial charge in [0.15, 0.2) is 0 Å². The quantitative estimate of drug-likeness (QED) is 0.697. The van der Waals surface area contributed by atoms with Crippen LogP contribution in [0.2, 0.25) is 0 Å². The Balaban J connectivity index is 4.20. The highest BCUT2D eigenvalue weighted by atomic mass is 19.4. The molecule has 0 aliphatic heterocycles. The molecule has 0 aromatic rings. The number of hydrogen-bond acceptors (Lipinski definition) is 3. The fraction of sp³-hybridized carbons (Fsp3) is 0.875. The summed E-state index contributed by atoms with van der Waals surface area (Å²) in [5.41, 5.74) is 5.05. The van der Waals surface area contributed by atoms with Gasteiger partial charge in [0.25, 0.3) is 0 Å². The molecule has 0 unspecified atom stereocenters. The second kappa shape index (κ2) is 6.78. The molecule has 0 rings (SSSR count). The largest absolute Gasteiger partial charge is 0.405 e. The summed E-state index contributed by atoms with van der Waals surface area (Å²) >= 11 is 0. The molecular formula is C8H13F6N3O. The average Bonchev–Trinajstić information content (AvgIpc) is 2.11. The lowest BCUT2D eigenvalue weighted by atomic mass is 10.4. The molecule has 108 valence electrons. The lowest BCUT2D eigenvalue weighted by molar-refractivity contribution is -0.151. The summed E-state index contributed by atoms with van der Waals surface area (Å²) in [6.07, 6.45) is -9.14. The predicted octanol–water partition coefficient (Wildman–Crippen LogP) is 0.488. The standard InChI is InChI=1S/C8H13F6N3O/c9-7(10,11)4-16-6(18)3-17(2-1-15)5-8(12,13)14/h1-5,15H2,(H,16,18). The van der Waals surface area contributed by atoms with Crippen molar-refractivity contribution in [1.29, 1.82) is 0 Å². The lowest BCUT2D eigenvalue weighted by Crippen LogP contribution is -2.45. The Labute approximate surface area is 99.1 Å². The molecule has 0 spiro atoms. The molecule has 0 saturated heterocycles. The van der Waals surface area contributed by atoms with Gasteiger partial charge in [0.05, 0.1) is 13.1 Å². The van der Waals surface area contributed by atoms with Crippen LogP contribution in [0.3, 0.4) is 0 Å². The van der Waals surface area contributed by atoms with E-state index in [4.69, 9.17) is 5.73 Å². The summed E-state index contributed by atoms with van der Waals surface area (Å²) in [7, 11) is 0. The maximum Gasteiger partial charge on any atom is 0.405 e. The van der Waals surface area contributed by atoms with Crippen LogP contribution in [0.1, 0.15) is 0 Å². The zero-order valence-corrected chi connectivity index (χ0v) is 9.24. The average molecular weight is 281 g/mol. The van der Waals surface area contributed by atoms with E-state index in [0.717, 1.165) is 0 Å². The molecule has 18 heavy (non-hydrogen) atoms. The van der Waals surface area contributed by atoms with Crippen molar-refractivity contribution in [3.8, 4) is 0 Å². The van der Waals surface area contributed by atoms with Crippen molar-refractivity contribution >= 4 is 5.91 Å². The molecule has 0 aliphatic rings. The Morgan fingerprint density at radius 3 is 2.06 bits per heavy atom. The first kappa shape index (κ1) is 17.0. The van der Waals surface area contributed by atoms with Crippen molar-refractivity contribution in [3.63, 3.8) is 0 Å². The van der Waals surface area contributed by atoms with E-state index in [2.05, 4.69) is 0 Å². The van der Waals surface area contributed by atoms with E-state index in [1.54, 1.807) is 0 Å². The minimum absolute atomic E-state index is 0.136. The zero-order valence-electron chi connectivity index (χ0n) is 9.24. The predicted molar refractivity (Wildman–Crippen MR) is 50.6 cm³/mol. The highest BCUT2D eigenvalue weighted by molar-refractivity contribution is 5.78. The van der Waals surface area contributed by atoms with Gasteiger partial charge < -0.3 is 11.1 Å². The van der Waals surface area contributed by atoms with E-state index >= 15 is 0 Å². The fourth-order valence-corrected chi connectivity index (χ4v) is 1.11. The van der Waals surface area contributed by atoms with Crippen LogP contribution in [-0.4, -0.2) is 55.9 Å². The van der Waals surface area contributed by atoms with Crippen LogP contribution in [0.25, 0.3) is 0 Å². The van der Waals surface area contributed by atoms with E-state index in [1.807, 2.05) is 0 Å². The van der Waals surface area contributed by atoms with Crippen LogP contribution in [-0.2, 0) is 4.79 Å². The van der Waals surface area contributed by atoms with Crippen LogP contribution in [0.15, 0.2) is 0 Å². The molecule has 0 aromatic carbocycles. The number of nitrogens with one attached hydrogen (secondary N) is 1. The third-order valence-electron chi connectivity index (χ3n) is 1.70. The first-order valence-electron chi connectivity index (χ1n) is 4.86. The van der Waals surface area contributed by atoms with Gasteiger partial charge in [0.2, 0.25) is 5.91 Å². The highest BCUT2D eigenvalue weighted by Gasteiger charge is 2.32. The van der Waals surface area contributed by atoms with Crippen LogP contribution in [0.5, 0.6) is 0 Å². The van der Waals surface area contributed by atoms with Crippen LogP contribution in [0, 0.1) is 0 Å². The Morgan fingerprint density at radius 1 is 1.11 bits per heavy atom.